The minimum atomic E-state index is -0.936. The van der Waals surface area contributed by atoms with Crippen molar-refractivity contribution < 1.29 is 33.8 Å². The van der Waals surface area contributed by atoms with E-state index in [-0.39, 0.29) is 35.9 Å². The summed E-state index contributed by atoms with van der Waals surface area (Å²) in [6, 6.07) is -0.623. The Morgan fingerprint density at radius 1 is 1.10 bits per heavy atom. The van der Waals surface area contributed by atoms with E-state index in [4.69, 9.17) is 10.5 Å². The molecule has 0 aliphatic heterocycles. The van der Waals surface area contributed by atoms with Crippen LogP contribution in [-0.4, -0.2) is 82.4 Å². The molecule has 3 rings (SSSR count). The Labute approximate surface area is 297 Å². The van der Waals surface area contributed by atoms with Gasteiger partial charge in [0.25, 0.3) is 5.91 Å². The molecule has 2 aromatic rings. The molecule has 4 atom stereocenters. The lowest BCUT2D eigenvalue weighted by molar-refractivity contribution is -0.148. The third-order valence-corrected chi connectivity index (χ3v) is 10.0. The van der Waals surface area contributed by atoms with Crippen molar-refractivity contribution in [2.75, 3.05) is 20.6 Å². The lowest BCUT2D eigenvalue weighted by Crippen LogP contribution is -2.42. The van der Waals surface area contributed by atoms with Crippen molar-refractivity contribution in [2.24, 2.45) is 23.5 Å². The molecule has 2 heterocycles. The van der Waals surface area contributed by atoms with E-state index in [9.17, 15) is 29.1 Å². The van der Waals surface area contributed by atoms with Gasteiger partial charge in [0.1, 0.15) is 10.7 Å². The van der Waals surface area contributed by atoms with E-state index in [1.807, 2.05) is 26.3 Å². The smallest absolute Gasteiger partial charge is 0.306 e. The average Bonchev–Trinajstić information content (AvgIpc) is 3.45. The molecule has 4 unspecified atom stereocenters. The van der Waals surface area contributed by atoms with Gasteiger partial charge in [-0.15, -0.1) is 22.7 Å². The number of carboxylic acid groups (broad SMARTS) is 1. The maximum Gasteiger partial charge on any atom is 0.306 e. The Morgan fingerprint density at radius 3 is 2.37 bits per heavy atom. The third kappa shape index (κ3) is 16.2. The van der Waals surface area contributed by atoms with Gasteiger partial charge in [0.05, 0.1) is 10.9 Å². The Hall–Kier alpha value is -3.43. The monoisotopic (exact) mass is 722 g/mol. The topological polar surface area (TPSA) is 194 Å². The van der Waals surface area contributed by atoms with Crippen LogP contribution in [0, 0.1) is 17.8 Å². The quantitative estimate of drug-likeness (QED) is 0.105. The van der Waals surface area contributed by atoms with Crippen molar-refractivity contribution in [2.45, 2.75) is 110 Å². The SMILES string of the molecule is CC(=O)OC(CC(C(C)C)N(C)C(=O)CC1CC1)c1nc(C(=O)NC(Cc2nccs2)CC(C)C(=O)O)cs1.CNCCCCCC(N)=O. The van der Waals surface area contributed by atoms with Gasteiger partial charge in [0.15, 0.2) is 6.10 Å². The van der Waals surface area contributed by atoms with Crippen LogP contribution in [0.2, 0.25) is 0 Å². The number of carbonyl (C=O) groups excluding carboxylic acids is 4. The number of unbranched alkanes of at least 4 members (excludes halogenated alkanes) is 2. The van der Waals surface area contributed by atoms with Crippen molar-refractivity contribution in [3.05, 3.63) is 32.7 Å². The fourth-order valence-corrected chi connectivity index (χ4v) is 6.79. The fraction of sp³-hybridized carbons (Fsp3) is 0.676. The van der Waals surface area contributed by atoms with Gasteiger partial charge in [-0.25, -0.2) is 9.97 Å². The number of nitrogens with zero attached hydrogens (tertiary/aromatic N) is 3. The highest BCUT2D eigenvalue weighted by Crippen LogP contribution is 2.35. The zero-order chi connectivity index (χ0) is 36.5. The van der Waals surface area contributed by atoms with Gasteiger partial charge in [0.2, 0.25) is 11.8 Å². The second kappa shape index (κ2) is 21.6. The number of esters is 1. The summed E-state index contributed by atoms with van der Waals surface area (Å²) in [7, 11) is 3.72. The minimum absolute atomic E-state index is 0.0823. The minimum Gasteiger partial charge on any atom is -0.481 e. The van der Waals surface area contributed by atoms with Crippen LogP contribution in [0.3, 0.4) is 0 Å². The zero-order valence-corrected chi connectivity index (χ0v) is 31.2. The van der Waals surface area contributed by atoms with E-state index in [1.165, 1.54) is 29.6 Å². The molecule has 0 radical (unpaired) electrons. The molecule has 5 N–H and O–H groups in total. The number of carbonyl (C=O) groups is 5. The molecule has 0 bridgehead atoms. The van der Waals surface area contributed by atoms with Gasteiger partial charge < -0.3 is 31.1 Å². The highest BCUT2D eigenvalue weighted by atomic mass is 32.1. The number of aromatic nitrogens is 2. The third-order valence-electron chi connectivity index (χ3n) is 8.26. The summed E-state index contributed by atoms with van der Waals surface area (Å²) in [6.07, 6.45) is 8.35. The summed E-state index contributed by atoms with van der Waals surface area (Å²) in [5.74, 6) is -2.02. The van der Waals surface area contributed by atoms with Crippen LogP contribution < -0.4 is 16.4 Å². The van der Waals surface area contributed by atoms with Gasteiger partial charge in [-0.3, -0.25) is 24.0 Å². The largest absolute Gasteiger partial charge is 0.481 e. The molecule has 1 fully saturated rings. The summed E-state index contributed by atoms with van der Waals surface area (Å²) < 4.78 is 5.63. The Kier molecular flexibility index (Phi) is 18.4. The molecule has 1 aliphatic carbocycles. The lowest BCUT2D eigenvalue weighted by atomic mass is 9.96. The summed E-state index contributed by atoms with van der Waals surface area (Å²) >= 11 is 2.66. The number of rotatable bonds is 21. The molecule has 15 heteroatoms. The maximum absolute atomic E-state index is 13.1. The number of nitrogens with two attached hydrogens (primary N) is 1. The maximum atomic E-state index is 13.1. The number of hydrogen-bond acceptors (Lipinski definition) is 11. The number of aliphatic carboxylic acids is 1. The van der Waals surface area contributed by atoms with Crippen molar-refractivity contribution in [1.82, 2.24) is 25.5 Å². The second-order valence-corrected chi connectivity index (χ2v) is 14.9. The lowest BCUT2D eigenvalue weighted by Gasteiger charge is -2.33. The molecule has 0 spiro atoms. The predicted molar refractivity (Wildman–Crippen MR) is 190 cm³/mol. The number of nitrogens with one attached hydrogen (secondary N) is 2. The van der Waals surface area contributed by atoms with Gasteiger partial charge in [-0.1, -0.05) is 27.2 Å². The van der Waals surface area contributed by atoms with Gasteiger partial charge in [-0.2, -0.15) is 0 Å². The summed E-state index contributed by atoms with van der Waals surface area (Å²) in [4.78, 5) is 70.1. The molecule has 1 aliphatic rings. The first-order valence-corrected chi connectivity index (χ1v) is 18.7. The number of primary amides is 1. The molecular formula is C34H54N6O7S2. The van der Waals surface area contributed by atoms with Crippen molar-refractivity contribution in [3.8, 4) is 0 Å². The van der Waals surface area contributed by atoms with E-state index in [0.717, 1.165) is 43.7 Å². The summed E-state index contributed by atoms with van der Waals surface area (Å²) in [5.41, 5.74) is 5.12. The standard InChI is InChI=1S/C27H38N4O6S2.C7H16N2O/c1-15(2)21(31(5)24(33)11-18-6-7-18)13-22(37-17(4)32)26-30-20(14-39-26)25(34)29-19(10-16(3)27(35)36)12-23-28-8-9-38-23;1-9-6-4-2-3-5-7(8)10/h8-9,14-16,18-19,21-22H,6-7,10-13H2,1-5H3,(H,29,34)(H,35,36);9H,2-6H2,1H3,(H2,8,10). The molecular weight excluding hydrogens is 669 g/mol. The van der Waals surface area contributed by atoms with Crippen LogP contribution in [0.25, 0.3) is 0 Å². The molecule has 13 nitrogen and oxygen atoms in total. The highest BCUT2D eigenvalue weighted by molar-refractivity contribution is 7.10. The predicted octanol–water partition coefficient (Wildman–Crippen LogP) is 4.58. The van der Waals surface area contributed by atoms with Crippen molar-refractivity contribution in [1.29, 1.82) is 0 Å². The van der Waals surface area contributed by atoms with Crippen LogP contribution in [0.4, 0.5) is 0 Å². The zero-order valence-electron chi connectivity index (χ0n) is 29.6. The van der Waals surface area contributed by atoms with E-state index in [2.05, 4.69) is 20.6 Å². The number of carboxylic acids is 1. The van der Waals surface area contributed by atoms with Gasteiger partial charge in [-0.05, 0) is 57.5 Å². The number of ether oxygens (including phenoxy) is 1. The number of hydrogen-bond donors (Lipinski definition) is 4. The molecule has 0 saturated heterocycles. The molecule has 3 amide bonds. The van der Waals surface area contributed by atoms with E-state index in [0.29, 0.717) is 36.6 Å². The average molecular weight is 723 g/mol. The number of amides is 3. The van der Waals surface area contributed by atoms with Crippen LogP contribution >= 0.6 is 22.7 Å². The normalized spacial score (nSPS) is 14.9. The first kappa shape index (κ1) is 41.7. The van der Waals surface area contributed by atoms with Crippen LogP contribution in [0.5, 0.6) is 0 Å². The van der Waals surface area contributed by atoms with Gasteiger partial charge >= 0.3 is 11.9 Å². The van der Waals surface area contributed by atoms with E-state index < -0.39 is 35.9 Å². The summed E-state index contributed by atoms with van der Waals surface area (Å²) in [6.45, 7) is 8.01. The van der Waals surface area contributed by atoms with Crippen LogP contribution in [-0.2, 0) is 30.3 Å². The van der Waals surface area contributed by atoms with Crippen LogP contribution in [0.15, 0.2) is 17.0 Å². The summed E-state index contributed by atoms with van der Waals surface area (Å²) in [5, 5.41) is 20.0. The first-order valence-electron chi connectivity index (χ1n) is 16.9. The molecule has 1 saturated carbocycles. The molecule has 2 aromatic heterocycles. The Morgan fingerprint density at radius 2 is 1.82 bits per heavy atom. The molecule has 0 aromatic carbocycles. The highest BCUT2D eigenvalue weighted by Gasteiger charge is 2.33. The van der Waals surface area contributed by atoms with E-state index >= 15 is 0 Å². The number of thiazole rings is 2. The second-order valence-electron chi connectivity index (χ2n) is 13.0. The molecule has 274 valence electrons. The first-order chi connectivity index (χ1) is 23.2. The van der Waals surface area contributed by atoms with E-state index in [1.54, 1.807) is 30.4 Å². The van der Waals surface area contributed by atoms with Crippen LogP contribution in [0.1, 0.15) is 112 Å². The van der Waals surface area contributed by atoms with Crippen molar-refractivity contribution >= 4 is 52.3 Å². The Bertz CT molecular complexity index is 1330. The fourth-order valence-electron chi connectivity index (χ4n) is 5.26. The Balaban J connectivity index is 0.000000722. The van der Waals surface area contributed by atoms with Gasteiger partial charge in [0, 0.05) is 68.7 Å². The molecule has 49 heavy (non-hydrogen) atoms. The van der Waals surface area contributed by atoms with Crippen molar-refractivity contribution in [3.63, 3.8) is 0 Å².